The quantitative estimate of drug-likeness (QED) is 0.192. The van der Waals surface area contributed by atoms with Crippen molar-refractivity contribution in [2.24, 2.45) is 11.3 Å². The van der Waals surface area contributed by atoms with Gasteiger partial charge in [-0.15, -0.1) is 0 Å². The second-order valence-electron chi connectivity index (χ2n) is 13.7. The van der Waals surface area contributed by atoms with Crippen LogP contribution in [-0.2, 0) is 40.7 Å². The van der Waals surface area contributed by atoms with Crippen molar-refractivity contribution in [2.45, 2.75) is 82.3 Å². The van der Waals surface area contributed by atoms with Crippen molar-refractivity contribution in [3.8, 4) is 11.5 Å². The van der Waals surface area contributed by atoms with Crippen LogP contribution < -0.4 is 19.5 Å². The highest BCUT2D eigenvalue weighted by molar-refractivity contribution is 7.89. The van der Waals surface area contributed by atoms with Crippen LogP contribution in [0.4, 0.5) is 4.79 Å². The molecule has 278 valence electrons. The van der Waals surface area contributed by atoms with Crippen molar-refractivity contribution in [3.63, 3.8) is 0 Å². The lowest BCUT2D eigenvalue weighted by Crippen LogP contribution is -2.52. The van der Waals surface area contributed by atoms with E-state index < -0.39 is 56.1 Å². The van der Waals surface area contributed by atoms with Crippen LogP contribution in [0.3, 0.4) is 0 Å². The highest BCUT2D eigenvalue weighted by Crippen LogP contribution is 2.36. The molecule has 16 heteroatoms. The third-order valence-electron chi connectivity index (χ3n) is 9.27. The Morgan fingerprint density at radius 1 is 1.06 bits per heavy atom. The van der Waals surface area contributed by atoms with Gasteiger partial charge in [0.2, 0.25) is 26.8 Å². The number of nitrogens with zero attached hydrogens (tertiary/aromatic N) is 1. The molecule has 14 nitrogen and oxygen atoms in total. The summed E-state index contributed by atoms with van der Waals surface area (Å²) >= 11 is 0. The molecule has 3 aliphatic heterocycles. The fourth-order valence-corrected chi connectivity index (χ4v) is 8.73. The number of rotatable bonds is 18. The number of aliphatic hydroxyl groups excluding tert-OH is 1. The number of amides is 1. The van der Waals surface area contributed by atoms with Gasteiger partial charge in [0.15, 0.2) is 17.8 Å². The number of benzene rings is 2. The van der Waals surface area contributed by atoms with Crippen molar-refractivity contribution >= 4 is 26.1 Å². The SMILES string of the molecule is CCS(=O)(=O)NCCCCC(C)(C)CN(C[C@@H](O)[C@H](Cc1ccccc1)NC(=O)O[C@H]1CO[C@H]2OCC[C@H]21)S(=O)(=O)c1ccc2c(c1)OCO2. The van der Waals surface area contributed by atoms with Gasteiger partial charge in [-0.3, -0.25) is 0 Å². The van der Waals surface area contributed by atoms with Crippen molar-refractivity contribution in [1.29, 1.82) is 0 Å². The monoisotopic (exact) mass is 739 g/mol. The predicted octanol–water partition coefficient (Wildman–Crippen LogP) is 3.00. The van der Waals surface area contributed by atoms with E-state index in [1.807, 2.05) is 44.2 Å². The van der Waals surface area contributed by atoms with E-state index in [0.29, 0.717) is 43.8 Å². The molecule has 2 aromatic rings. The molecule has 0 bridgehead atoms. The van der Waals surface area contributed by atoms with Crippen LogP contribution >= 0.6 is 0 Å². The minimum Gasteiger partial charge on any atom is -0.454 e. The van der Waals surface area contributed by atoms with Crippen LogP contribution in [0.15, 0.2) is 53.4 Å². The van der Waals surface area contributed by atoms with E-state index in [1.54, 1.807) is 6.92 Å². The van der Waals surface area contributed by atoms with E-state index in [0.717, 1.165) is 5.56 Å². The molecule has 3 heterocycles. The number of nitrogens with one attached hydrogen (secondary N) is 2. The van der Waals surface area contributed by atoms with Gasteiger partial charge in [0.25, 0.3) is 0 Å². The number of fused-ring (bicyclic) bond motifs is 2. The van der Waals surface area contributed by atoms with Crippen molar-refractivity contribution in [3.05, 3.63) is 54.1 Å². The van der Waals surface area contributed by atoms with Crippen molar-refractivity contribution in [2.75, 3.05) is 45.4 Å². The molecule has 2 saturated heterocycles. The maximum Gasteiger partial charge on any atom is 0.407 e. The summed E-state index contributed by atoms with van der Waals surface area (Å²) in [6.45, 7) is 6.12. The Labute approximate surface area is 294 Å². The van der Waals surface area contributed by atoms with Crippen molar-refractivity contribution in [1.82, 2.24) is 14.3 Å². The molecule has 3 aliphatic rings. The van der Waals surface area contributed by atoms with Crippen LogP contribution in [0.5, 0.6) is 11.5 Å². The third-order valence-corrected chi connectivity index (χ3v) is 12.5. The van der Waals surface area contributed by atoms with Crippen LogP contribution in [0.1, 0.15) is 52.0 Å². The minimum atomic E-state index is -4.20. The second-order valence-corrected chi connectivity index (χ2v) is 17.7. The number of alkyl carbamates (subject to hydrolysis) is 1. The Hall–Kier alpha value is -2.99. The fraction of sp³-hybridized carbons (Fsp3) is 0.618. The van der Waals surface area contributed by atoms with Gasteiger partial charge in [-0.05, 0) is 55.7 Å². The van der Waals surface area contributed by atoms with Gasteiger partial charge in [-0.2, -0.15) is 4.31 Å². The summed E-state index contributed by atoms with van der Waals surface area (Å²) in [5, 5.41) is 14.6. The molecule has 2 fully saturated rings. The zero-order valence-electron chi connectivity index (χ0n) is 28.8. The number of hydrogen-bond acceptors (Lipinski definition) is 11. The highest BCUT2D eigenvalue weighted by atomic mass is 32.2. The van der Waals surface area contributed by atoms with E-state index in [2.05, 4.69) is 10.0 Å². The second kappa shape index (κ2) is 16.6. The minimum absolute atomic E-state index is 0.00369. The fourth-order valence-electron chi connectivity index (χ4n) is 6.41. The average Bonchev–Trinajstić information content (AvgIpc) is 3.83. The first-order valence-electron chi connectivity index (χ1n) is 17.1. The smallest absolute Gasteiger partial charge is 0.407 e. The molecule has 50 heavy (non-hydrogen) atoms. The first-order chi connectivity index (χ1) is 23.8. The molecule has 0 spiro atoms. The maximum absolute atomic E-state index is 14.3. The Morgan fingerprint density at radius 3 is 2.58 bits per heavy atom. The molecule has 2 aromatic carbocycles. The van der Waals surface area contributed by atoms with E-state index in [1.165, 1.54) is 22.5 Å². The number of carbonyl (C=O) groups excluding carboxylic acids is 1. The lowest BCUT2D eigenvalue weighted by Gasteiger charge is -2.35. The topological polar surface area (TPSA) is 179 Å². The van der Waals surface area contributed by atoms with Gasteiger partial charge in [0, 0.05) is 25.7 Å². The first kappa shape index (κ1) is 38.2. The number of aliphatic hydroxyl groups is 1. The number of ether oxygens (including phenoxy) is 5. The van der Waals surface area contributed by atoms with Gasteiger partial charge in [0.1, 0.15) is 6.10 Å². The van der Waals surface area contributed by atoms with E-state index in [-0.39, 0.29) is 56.0 Å². The lowest BCUT2D eigenvalue weighted by atomic mass is 9.87. The summed E-state index contributed by atoms with van der Waals surface area (Å²) in [5.74, 6) is 0.659. The third kappa shape index (κ3) is 10.1. The van der Waals surface area contributed by atoms with Crippen LogP contribution in [-0.4, -0.2) is 102 Å². The summed E-state index contributed by atoms with van der Waals surface area (Å²) in [6, 6.07) is 12.8. The summed E-state index contributed by atoms with van der Waals surface area (Å²) in [7, 11) is -7.51. The van der Waals surface area contributed by atoms with Gasteiger partial charge >= 0.3 is 6.09 Å². The largest absolute Gasteiger partial charge is 0.454 e. The molecule has 5 atom stereocenters. The standard InChI is InChI=1S/C34H49N3O11S2/c1-4-49(40,41)35-16-9-8-15-34(2,3)22-37(50(42,43)25-12-13-29-30(19-25)47-23-46-29)20-28(38)27(18-24-10-6-5-7-11-24)36-33(39)48-31-21-45-32-26(31)14-17-44-32/h5-7,10-13,19,26-28,31-32,35,38H,4,8-9,14-18,20-23H2,1-3H3,(H,36,39)/t26-,27-,28+,31-,32+/m0/s1. The molecule has 0 aliphatic carbocycles. The summed E-state index contributed by atoms with van der Waals surface area (Å²) in [5.41, 5.74) is 0.255. The molecular weight excluding hydrogens is 691 g/mol. The Morgan fingerprint density at radius 2 is 1.82 bits per heavy atom. The van der Waals surface area contributed by atoms with Gasteiger partial charge in [0.05, 0.1) is 41.9 Å². The number of carbonyl (C=O) groups is 1. The maximum atomic E-state index is 14.3. The molecule has 0 unspecified atom stereocenters. The molecule has 0 saturated carbocycles. The molecule has 5 rings (SSSR count). The Kier molecular flexibility index (Phi) is 12.7. The van der Waals surface area contributed by atoms with Crippen LogP contribution in [0, 0.1) is 11.3 Å². The number of sulfonamides is 2. The Bertz CT molecular complexity index is 1660. The zero-order chi connectivity index (χ0) is 35.9. The number of unbranched alkanes of at least 4 members (excludes halogenated alkanes) is 1. The zero-order valence-corrected chi connectivity index (χ0v) is 30.4. The molecule has 0 aromatic heterocycles. The van der Waals surface area contributed by atoms with E-state index in [9.17, 15) is 26.7 Å². The van der Waals surface area contributed by atoms with E-state index in [4.69, 9.17) is 23.7 Å². The van der Waals surface area contributed by atoms with Crippen LogP contribution in [0.2, 0.25) is 0 Å². The van der Waals surface area contributed by atoms with Crippen molar-refractivity contribution < 1.29 is 50.4 Å². The highest BCUT2D eigenvalue weighted by Gasteiger charge is 2.44. The van der Waals surface area contributed by atoms with E-state index >= 15 is 0 Å². The summed E-state index contributed by atoms with van der Waals surface area (Å²) in [6.07, 6.45) is -0.277. The van der Waals surface area contributed by atoms with Gasteiger partial charge in [-0.25, -0.2) is 26.4 Å². The summed E-state index contributed by atoms with van der Waals surface area (Å²) in [4.78, 5) is 13.2. The molecule has 0 radical (unpaired) electrons. The molecule has 1 amide bonds. The molecular formula is C34H49N3O11S2. The number of hydrogen-bond donors (Lipinski definition) is 3. The average molecular weight is 740 g/mol. The summed E-state index contributed by atoms with van der Waals surface area (Å²) < 4.78 is 83.8. The van der Waals surface area contributed by atoms with Gasteiger partial charge in [-0.1, -0.05) is 50.6 Å². The predicted molar refractivity (Wildman–Crippen MR) is 184 cm³/mol. The first-order valence-corrected chi connectivity index (χ1v) is 20.1. The van der Waals surface area contributed by atoms with Gasteiger partial charge < -0.3 is 34.1 Å². The van der Waals surface area contributed by atoms with Crippen LogP contribution in [0.25, 0.3) is 0 Å². The molecule has 3 N–H and O–H groups in total. The normalized spacial score (nSPS) is 21.6. The Balaban J connectivity index is 1.34. The lowest BCUT2D eigenvalue weighted by molar-refractivity contribution is -0.0907.